The summed E-state index contributed by atoms with van der Waals surface area (Å²) >= 11 is 6.02. The van der Waals surface area contributed by atoms with Gasteiger partial charge in [-0.1, -0.05) is 23.7 Å². The molecule has 0 bridgehead atoms. The summed E-state index contributed by atoms with van der Waals surface area (Å²) in [5, 5.41) is 0.503. The highest BCUT2D eigenvalue weighted by Gasteiger charge is 2.37. The van der Waals surface area contributed by atoms with Crippen LogP contribution in [0.25, 0.3) is 0 Å². The molecular weight excluding hydrogens is 224 g/mol. The van der Waals surface area contributed by atoms with E-state index in [4.69, 9.17) is 16.3 Å². The van der Waals surface area contributed by atoms with Crippen LogP contribution in [0, 0.1) is 0 Å². The Bertz CT molecular complexity index is 395. The van der Waals surface area contributed by atoms with E-state index >= 15 is 0 Å². The van der Waals surface area contributed by atoms with Crippen LogP contribution in [-0.2, 0) is 4.74 Å². The summed E-state index contributed by atoms with van der Waals surface area (Å²) in [6.07, 6.45) is 2.84. The fourth-order valence-corrected chi connectivity index (χ4v) is 2.26. The molecule has 86 valence electrons. The first kappa shape index (κ1) is 11.6. The van der Waals surface area contributed by atoms with Gasteiger partial charge in [0, 0.05) is 12.2 Å². The third kappa shape index (κ3) is 2.13. The zero-order chi connectivity index (χ0) is 11.6. The van der Waals surface area contributed by atoms with Gasteiger partial charge in [-0.2, -0.15) is 0 Å². The van der Waals surface area contributed by atoms with Gasteiger partial charge < -0.3 is 4.74 Å². The first-order chi connectivity index (χ1) is 7.63. The van der Waals surface area contributed by atoms with E-state index in [0.717, 1.165) is 19.3 Å². The molecule has 0 spiro atoms. The maximum absolute atomic E-state index is 12.3. The Balaban J connectivity index is 2.28. The number of ketones is 1. The quantitative estimate of drug-likeness (QED) is 0.738. The van der Waals surface area contributed by atoms with Crippen LogP contribution in [0.15, 0.2) is 24.3 Å². The number of hydrogen-bond donors (Lipinski definition) is 0. The van der Waals surface area contributed by atoms with Gasteiger partial charge in [0.15, 0.2) is 5.78 Å². The molecule has 1 fully saturated rings. The zero-order valence-corrected chi connectivity index (χ0v) is 10.1. The minimum Gasteiger partial charge on any atom is -0.367 e. The molecule has 0 N–H and O–H groups in total. The maximum Gasteiger partial charge on any atom is 0.195 e. The Morgan fingerprint density at radius 3 is 2.75 bits per heavy atom. The van der Waals surface area contributed by atoms with Crippen molar-refractivity contribution in [1.82, 2.24) is 0 Å². The van der Waals surface area contributed by atoms with E-state index in [1.54, 1.807) is 12.1 Å². The van der Waals surface area contributed by atoms with E-state index in [2.05, 4.69) is 0 Å². The predicted molar refractivity (Wildman–Crippen MR) is 64.0 cm³/mol. The zero-order valence-electron chi connectivity index (χ0n) is 9.33. The van der Waals surface area contributed by atoms with Crippen LogP contribution in [0.2, 0.25) is 5.02 Å². The van der Waals surface area contributed by atoms with E-state index in [0.29, 0.717) is 17.2 Å². The van der Waals surface area contributed by atoms with Crippen LogP contribution in [0.5, 0.6) is 0 Å². The number of carbonyl (C=O) groups excluding carboxylic acids is 1. The number of carbonyl (C=O) groups is 1. The molecule has 3 heteroatoms. The highest BCUT2D eigenvalue weighted by atomic mass is 35.5. The smallest absolute Gasteiger partial charge is 0.195 e. The van der Waals surface area contributed by atoms with Crippen LogP contribution in [0.4, 0.5) is 0 Å². The fourth-order valence-electron chi connectivity index (χ4n) is 2.04. The van der Waals surface area contributed by atoms with Crippen LogP contribution in [0.3, 0.4) is 0 Å². The fraction of sp³-hybridized carbons (Fsp3) is 0.462. The van der Waals surface area contributed by atoms with Crippen LogP contribution < -0.4 is 0 Å². The molecule has 0 aliphatic carbocycles. The molecule has 1 aromatic carbocycles. The summed E-state index contributed by atoms with van der Waals surface area (Å²) in [7, 11) is 0. The monoisotopic (exact) mass is 238 g/mol. The lowest BCUT2D eigenvalue weighted by molar-refractivity contribution is -0.0426. The second-order valence-corrected chi connectivity index (χ2v) is 4.75. The minimum atomic E-state index is -0.691. The van der Waals surface area contributed by atoms with Crippen molar-refractivity contribution in [3.63, 3.8) is 0 Å². The van der Waals surface area contributed by atoms with Gasteiger partial charge in [0.05, 0.1) is 5.02 Å². The Morgan fingerprint density at radius 2 is 2.12 bits per heavy atom. The molecule has 1 unspecified atom stereocenters. The van der Waals surface area contributed by atoms with Gasteiger partial charge in [0.25, 0.3) is 0 Å². The lowest BCUT2D eigenvalue weighted by Gasteiger charge is -2.32. The third-order valence-corrected chi connectivity index (χ3v) is 3.40. The molecule has 1 heterocycles. The summed E-state index contributed by atoms with van der Waals surface area (Å²) in [5.74, 6) is -0.00204. The number of benzene rings is 1. The summed E-state index contributed by atoms with van der Waals surface area (Å²) in [6, 6.07) is 7.14. The third-order valence-electron chi connectivity index (χ3n) is 3.07. The van der Waals surface area contributed by atoms with Gasteiger partial charge in [-0.25, -0.2) is 0 Å². The number of ether oxygens (including phenoxy) is 1. The second kappa shape index (κ2) is 4.56. The average molecular weight is 239 g/mol. The first-order valence-corrected chi connectivity index (χ1v) is 5.94. The topological polar surface area (TPSA) is 26.3 Å². The van der Waals surface area contributed by atoms with Crippen molar-refractivity contribution in [2.45, 2.75) is 31.8 Å². The highest BCUT2D eigenvalue weighted by Crippen LogP contribution is 2.30. The molecule has 0 saturated carbocycles. The molecule has 1 aromatic rings. The van der Waals surface area contributed by atoms with Gasteiger partial charge >= 0.3 is 0 Å². The lowest BCUT2D eigenvalue weighted by Crippen LogP contribution is -2.41. The van der Waals surface area contributed by atoms with Gasteiger partial charge in [-0.3, -0.25) is 4.79 Å². The van der Waals surface area contributed by atoms with Gasteiger partial charge in [0.1, 0.15) is 5.60 Å². The molecule has 1 aliphatic heterocycles. The molecule has 1 saturated heterocycles. The van der Waals surface area contributed by atoms with E-state index in [1.807, 2.05) is 19.1 Å². The second-order valence-electron chi connectivity index (χ2n) is 4.35. The summed E-state index contributed by atoms with van der Waals surface area (Å²) < 4.78 is 5.63. The van der Waals surface area contributed by atoms with E-state index < -0.39 is 5.60 Å². The number of Topliss-reactive ketones (excluding diaryl/α,β-unsaturated/α-hetero) is 1. The van der Waals surface area contributed by atoms with Crippen molar-refractivity contribution in [2.75, 3.05) is 6.61 Å². The predicted octanol–water partition coefficient (Wildman–Crippen LogP) is 3.48. The van der Waals surface area contributed by atoms with Crippen LogP contribution in [0.1, 0.15) is 36.5 Å². The van der Waals surface area contributed by atoms with Crippen LogP contribution >= 0.6 is 11.6 Å². The molecule has 2 rings (SSSR count). The Labute approximate surface area is 101 Å². The Hall–Kier alpha value is -0.860. The molecule has 1 atom stereocenters. The molecule has 2 nitrogen and oxygen atoms in total. The molecule has 0 aromatic heterocycles. The maximum atomic E-state index is 12.3. The first-order valence-electron chi connectivity index (χ1n) is 5.57. The Kier molecular flexibility index (Phi) is 3.31. The van der Waals surface area contributed by atoms with Crippen molar-refractivity contribution in [1.29, 1.82) is 0 Å². The summed E-state index contributed by atoms with van der Waals surface area (Å²) in [4.78, 5) is 12.3. The van der Waals surface area contributed by atoms with E-state index in [1.165, 1.54) is 0 Å². The van der Waals surface area contributed by atoms with Crippen molar-refractivity contribution in [2.24, 2.45) is 0 Å². The van der Waals surface area contributed by atoms with Crippen molar-refractivity contribution in [3.05, 3.63) is 34.9 Å². The van der Waals surface area contributed by atoms with E-state index in [9.17, 15) is 4.79 Å². The standard InChI is InChI=1S/C13H15ClO2/c1-13(8-4-5-9-16-13)12(15)10-6-2-3-7-11(10)14/h2-3,6-7H,4-5,8-9H2,1H3. The van der Waals surface area contributed by atoms with Crippen LogP contribution in [-0.4, -0.2) is 18.0 Å². The average Bonchev–Trinajstić information content (AvgIpc) is 2.30. The summed E-state index contributed by atoms with van der Waals surface area (Å²) in [6.45, 7) is 2.52. The molecule has 1 aliphatic rings. The Morgan fingerprint density at radius 1 is 1.38 bits per heavy atom. The largest absolute Gasteiger partial charge is 0.367 e. The number of rotatable bonds is 2. The van der Waals surface area contributed by atoms with Gasteiger partial charge in [0.2, 0.25) is 0 Å². The SMILES string of the molecule is CC1(C(=O)c2ccccc2Cl)CCCCO1. The number of hydrogen-bond acceptors (Lipinski definition) is 2. The molecule has 0 radical (unpaired) electrons. The minimum absolute atomic E-state index is 0.00204. The normalized spacial score (nSPS) is 25.4. The summed E-state index contributed by atoms with van der Waals surface area (Å²) in [5.41, 5.74) is -0.128. The van der Waals surface area contributed by atoms with Crippen molar-refractivity contribution >= 4 is 17.4 Å². The van der Waals surface area contributed by atoms with Crippen molar-refractivity contribution < 1.29 is 9.53 Å². The number of halogens is 1. The van der Waals surface area contributed by atoms with E-state index in [-0.39, 0.29) is 5.78 Å². The van der Waals surface area contributed by atoms with Gasteiger partial charge in [-0.15, -0.1) is 0 Å². The molecular formula is C13H15ClO2. The molecule has 16 heavy (non-hydrogen) atoms. The van der Waals surface area contributed by atoms with Crippen molar-refractivity contribution in [3.8, 4) is 0 Å². The van der Waals surface area contributed by atoms with Gasteiger partial charge in [-0.05, 0) is 38.3 Å². The lowest BCUT2D eigenvalue weighted by atomic mass is 9.88. The highest BCUT2D eigenvalue weighted by molar-refractivity contribution is 6.34. The molecule has 0 amide bonds.